The van der Waals surface area contributed by atoms with Crippen molar-refractivity contribution in [2.75, 3.05) is 25.4 Å². The molecule has 6 nitrogen and oxygen atoms in total. The van der Waals surface area contributed by atoms with Crippen LogP contribution in [0.5, 0.6) is 0 Å². The minimum absolute atomic E-state index is 0. The number of nitrogens with zero attached hydrogens (tertiary/aromatic N) is 4. The Labute approximate surface area is 175 Å². The van der Waals surface area contributed by atoms with Crippen LogP contribution >= 0.6 is 23.7 Å². The third kappa shape index (κ3) is 3.59. The molecule has 2 aliphatic rings. The van der Waals surface area contributed by atoms with Gasteiger partial charge < -0.3 is 11.1 Å². The molecule has 1 saturated heterocycles. The monoisotopic (exact) mass is 416 g/mol. The normalized spacial score (nSPS) is 19.9. The van der Waals surface area contributed by atoms with Gasteiger partial charge in [0.2, 0.25) is 0 Å². The van der Waals surface area contributed by atoms with Crippen molar-refractivity contribution in [3.05, 3.63) is 46.4 Å². The number of aromatic nitrogens is 3. The number of nitrogen functional groups attached to an aromatic ring is 1. The second-order valence-electron chi connectivity index (χ2n) is 7.39. The van der Waals surface area contributed by atoms with Gasteiger partial charge in [0, 0.05) is 42.9 Å². The van der Waals surface area contributed by atoms with Gasteiger partial charge in [-0.2, -0.15) is 0 Å². The van der Waals surface area contributed by atoms with E-state index in [-0.39, 0.29) is 18.4 Å². The van der Waals surface area contributed by atoms with Gasteiger partial charge in [-0.15, -0.1) is 23.7 Å². The number of halogens is 1. The van der Waals surface area contributed by atoms with E-state index in [9.17, 15) is 0 Å². The van der Waals surface area contributed by atoms with Crippen LogP contribution in [0, 0.1) is 0 Å². The molecule has 0 saturated carbocycles. The predicted molar refractivity (Wildman–Crippen MR) is 116 cm³/mol. The summed E-state index contributed by atoms with van der Waals surface area (Å²) >= 11 is 1.82. The Balaban J connectivity index is 0.00000192. The summed E-state index contributed by atoms with van der Waals surface area (Å²) in [5.41, 5.74) is 9.02. The molecule has 5 rings (SSSR count). The van der Waals surface area contributed by atoms with Crippen molar-refractivity contribution in [2.45, 2.75) is 38.3 Å². The van der Waals surface area contributed by atoms with Crippen molar-refractivity contribution in [3.8, 4) is 0 Å². The highest BCUT2D eigenvalue weighted by Crippen LogP contribution is 2.38. The average molecular weight is 417 g/mol. The number of pyridine rings is 1. The average Bonchev–Trinajstić information content (AvgIpc) is 3.08. The largest absolute Gasteiger partial charge is 0.383 e. The van der Waals surface area contributed by atoms with Crippen LogP contribution in [-0.2, 0) is 19.4 Å². The molecule has 1 aliphatic carbocycles. The van der Waals surface area contributed by atoms with Gasteiger partial charge >= 0.3 is 0 Å². The fraction of sp³-hybridized carbons (Fsp3) is 0.450. The molecule has 28 heavy (non-hydrogen) atoms. The minimum atomic E-state index is 0. The predicted octanol–water partition coefficient (Wildman–Crippen LogP) is 3.12. The Morgan fingerprint density at radius 2 is 2.14 bits per heavy atom. The number of fused-ring (bicyclic) bond motifs is 3. The number of nitrogens with two attached hydrogens (primary N) is 1. The molecule has 3 N–H and O–H groups in total. The number of thiophene rings is 1. The molecule has 1 atom stereocenters. The van der Waals surface area contributed by atoms with E-state index in [0.29, 0.717) is 12.4 Å². The third-order valence-electron chi connectivity index (χ3n) is 5.66. The van der Waals surface area contributed by atoms with Crippen molar-refractivity contribution in [3.63, 3.8) is 0 Å². The zero-order chi connectivity index (χ0) is 18.2. The van der Waals surface area contributed by atoms with Gasteiger partial charge in [-0.3, -0.25) is 9.88 Å². The summed E-state index contributed by atoms with van der Waals surface area (Å²) < 4.78 is 0. The number of hydrogen-bond donors (Lipinski definition) is 2. The Morgan fingerprint density at radius 1 is 1.25 bits per heavy atom. The topological polar surface area (TPSA) is 80.0 Å². The van der Waals surface area contributed by atoms with E-state index >= 15 is 0 Å². The van der Waals surface area contributed by atoms with Crippen molar-refractivity contribution >= 4 is 39.8 Å². The number of hydrogen-bond acceptors (Lipinski definition) is 7. The van der Waals surface area contributed by atoms with E-state index in [2.05, 4.69) is 21.3 Å². The first-order chi connectivity index (χ1) is 13.3. The van der Waals surface area contributed by atoms with Crippen LogP contribution < -0.4 is 11.1 Å². The molecule has 1 fully saturated rings. The summed E-state index contributed by atoms with van der Waals surface area (Å²) in [7, 11) is 0. The van der Waals surface area contributed by atoms with Crippen molar-refractivity contribution in [2.24, 2.45) is 0 Å². The zero-order valence-electron chi connectivity index (χ0n) is 15.7. The summed E-state index contributed by atoms with van der Waals surface area (Å²) in [5, 5.41) is 4.60. The Bertz CT molecular complexity index is 960. The Morgan fingerprint density at radius 3 is 3.00 bits per heavy atom. The van der Waals surface area contributed by atoms with Crippen molar-refractivity contribution in [1.82, 2.24) is 25.2 Å². The number of nitrogens with one attached hydrogen (secondary N) is 1. The molecule has 4 heterocycles. The van der Waals surface area contributed by atoms with Crippen LogP contribution in [-0.4, -0.2) is 39.5 Å². The van der Waals surface area contributed by atoms with Crippen LogP contribution in [0.15, 0.2) is 24.5 Å². The number of anilines is 1. The summed E-state index contributed by atoms with van der Waals surface area (Å²) in [6.07, 6.45) is 8.56. The number of aryl methyl sites for hydroxylation is 2. The van der Waals surface area contributed by atoms with Gasteiger partial charge in [0.05, 0.1) is 11.9 Å². The quantitative estimate of drug-likeness (QED) is 0.682. The van der Waals surface area contributed by atoms with E-state index in [4.69, 9.17) is 15.7 Å². The lowest BCUT2D eigenvalue weighted by atomic mass is 9.97. The molecule has 3 aromatic rings. The summed E-state index contributed by atoms with van der Waals surface area (Å²) in [5.74, 6) is 1.48. The molecular weight excluding hydrogens is 392 g/mol. The summed E-state index contributed by atoms with van der Waals surface area (Å²) in [6.45, 7) is 3.56. The highest BCUT2D eigenvalue weighted by molar-refractivity contribution is 7.19. The summed E-state index contributed by atoms with van der Waals surface area (Å²) in [6, 6.07) is 4.42. The van der Waals surface area contributed by atoms with Gasteiger partial charge in [-0.25, -0.2) is 9.97 Å². The first kappa shape index (κ1) is 19.5. The first-order valence-electron chi connectivity index (χ1n) is 9.71. The smallest absolute Gasteiger partial charge is 0.146 e. The SMILES string of the molecule is Cl.Nc1nc(CN2CCNCC2c2cccnc2)nc2sc3c(c12)CCCC3. The third-order valence-corrected chi connectivity index (χ3v) is 6.84. The van der Waals surface area contributed by atoms with E-state index in [1.54, 1.807) is 0 Å². The standard InChI is InChI=1S/C20H24N6S.ClH/c21-19-18-14-5-1-2-6-16(14)27-20(18)25-17(24-19)12-26-9-8-23-11-15(26)13-4-3-7-22-10-13;/h3-4,7,10,15,23H,1-2,5-6,8-9,11-12H2,(H2,21,24,25);1H. The minimum Gasteiger partial charge on any atom is -0.383 e. The van der Waals surface area contributed by atoms with E-state index in [1.807, 2.05) is 29.8 Å². The fourth-order valence-corrected chi connectivity index (χ4v) is 5.61. The van der Waals surface area contributed by atoms with Crippen LogP contribution in [0.25, 0.3) is 10.2 Å². The molecule has 0 amide bonds. The van der Waals surface area contributed by atoms with E-state index in [0.717, 1.165) is 48.5 Å². The highest BCUT2D eigenvalue weighted by atomic mass is 35.5. The van der Waals surface area contributed by atoms with E-state index in [1.165, 1.54) is 28.8 Å². The molecule has 148 valence electrons. The van der Waals surface area contributed by atoms with Crippen LogP contribution in [0.4, 0.5) is 5.82 Å². The number of piperazine rings is 1. The summed E-state index contributed by atoms with van der Waals surface area (Å²) in [4.78, 5) is 18.9. The van der Waals surface area contributed by atoms with Crippen LogP contribution in [0.3, 0.4) is 0 Å². The van der Waals surface area contributed by atoms with Gasteiger partial charge in [0.25, 0.3) is 0 Å². The first-order valence-corrected chi connectivity index (χ1v) is 10.5. The van der Waals surface area contributed by atoms with Gasteiger partial charge in [-0.1, -0.05) is 6.07 Å². The lowest BCUT2D eigenvalue weighted by Crippen LogP contribution is -2.45. The van der Waals surface area contributed by atoms with Crippen molar-refractivity contribution in [1.29, 1.82) is 0 Å². The fourth-order valence-electron chi connectivity index (χ4n) is 4.32. The maximum atomic E-state index is 6.39. The zero-order valence-corrected chi connectivity index (χ0v) is 17.4. The van der Waals surface area contributed by atoms with Gasteiger partial charge in [0.15, 0.2) is 0 Å². The second-order valence-corrected chi connectivity index (χ2v) is 8.48. The maximum absolute atomic E-state index is 6.39. The lowest BCUT2D eigenvalue weighted by Gasteiger charge is -2.35. The molecule has 1 aliphatic heterocycles. The second kappa shape index (κ2) is 8.29. The Hall–Kier alpha value is -1.80. The molecular formula is C20H25ClN6S. The molecule has 0 radical (unpaired) electrons. The maximum Gasteiger partial charge on any atom is 0.146 e. The lowest BCUT2D eigenvalue weighted by molar-refractivity contribution is 0.150. The van der Waals surface area contributed by atoms with Crippen molar-refractivity contribution < 1.29 is 0 Å². The Kier molecular flexibility index (Phi) is 5.78. The van der Waals surface area contributed by atoms with E-state index < -0.39 is 0 Å². The van der Waals surface area contributed by atoms with Crippen LogP contribution in [0.1, 0.15) is 40.7 Å². The molecule has 0 spiro atoms. The highest BCUT2D eigenvalue weighted by Gasteiger charge is 2.26. The van der Waals surface area contributed by atoms with Gasteiger partial charge in [0.1, 0.15) is 16.5 Å². The molecule has 0 aromatic carbocycles. The molecule has 0 bridgehead atoms. The molecule has 1 unspecified atom stereocenters. The number of rotatable bonds is 3. The molecule has 8 heteroatoms. The van der Waals surface area contributed by atoms with Gasteiger partial charge in [-0.05, 0) is 42.9 Å². The van der Waals surface area contributed by atoms with Crippen LogP contribution in [0.2, 0.25) is 0 Å². The molecule has 3 aromatic heterocycles.